The van der Waals surface area contributed by atoms with Crippen LogP contribution < -0.4 is 10.9 Å². The highest BCUT2D eigenvalue weighted by Gasteiger charge is 2.14. The third-order valence-electron chi connectivity index (χ3n) is 3.93. The molecule has 0 saturated carbocycles. The fourth-order valence-corrected chi connectivity index (χ4v) is 2.92. The summed E-state index contributed by atoms with van der Waals surface area (Å²) in [6.07, 6.45) is 0. The van der Waals surface area contributed by atoms with E-state index >= 15 is 0 Å². The minimum Gasteiger partial charge on any atom is -0.451 e. The highest BCUT2D eigenvalue weighted by molar-refractivity contribution is 6.31. The summed E-state index contributed by atoms with van der Waals surface area (Å²) in [5, 5.41) is 4.48. The van der Waals surface area contributed by atoms with Crippen LogP contribution in [0.2, 0.25) is 5.02 Å². The summed E-state index contributed by atoms with van der Waals surface area (Å²) in [7, 11) is 0. The van der Waals surface area contributed by atoms with Crippen LogP contribution >= 0.6 is 11.6 Å². The Balaban J connectivity index is 1.61. The summed E-state index contributed by atoms with van der Waals surface area (Å²) in [4.78, 5) is 24.0. The second-order valence-electron chi connectivity index (χ2n) is 5.71. The Bertz CT molecular complexity index is 1210. The molecule has 0 aliphatic carbocycles. The summed E-state index contributed by atoms with van der Waals surface area (Å²) in [5.74, 6) is -0.829. The predicted octanol–water partition coefficient (Wildman–Crippen LogP) is 4.26. The first-order chi connectivity index (χ1) is 12.5. The molecule has 130 valence electrons. The molecule has 4 rings (SSSR count). The molecule has 1 N–H and O–H groups in total. The van der Waals surface area contributed by atoms with Gasteiger partial charge in [-0.2, -0.15) is 0 Å². The van der Waals surface area contributed by atoms with Gasteiger partial charge >= 0.3 is 5.63 Å². The zero-order valence-corrected chi connectivity index (χ0v) is 14.0. The number of hydrogen-bond acceptors (Lipinski definition) is 4. The van der Waals surface area contributed by atoms with Gasteiger partial charge in [0.15, 0.2) is 5.76 Å². The van der Waals surface area contributed by atoms with E-state index in [1.165, 1.54) is 18.2 Å². The number of fused-ring (bicyclic) bond motifs is 2. The minimum atomic E-state index is -0.620. The van der Waals surface area contributed by atoms with Gasteiger partial charge in [0.25, 0.3) is 5.91 Å². The number of hydrogen-bond donors (Lipinski definition) is 1. The quantitative estimate of drug-likeness (QED) is 0.546. The molecule has 0 bridgehead atoms. The van der Waals surface area contributed by atoms with Gasteiger partial charge in [-0.1, -0.05) is 11.6 Å². The number of halogens is 2. The number of nitrogens with one attached hydrogen (secondary N) is 1. The number of carbonyl (C=O) groups is 1. The van der Waals surface area contributed by atoms with E-state index in [0.29, 0.717) is 26.9 Å². The van der Waals surface area contributed by atoms with Crippen LogP contribution in [0.1, 0.15) is 16.1 Å². The summed E-state index contributed by atoms with van der Waals surface area (Å²) < 4.78 is 23.8. The molecular weight excluding hydrogens is 361 g/mol. The maximum Gasteiger partial charge on any atom is 0.336 e. The Labute approximate surface area is 151 Å². The lowest BCUT2D eigenvalue weighted by Gasteiger charge is -2.06. The fraction of sp³-hybridized carbons (Fsp3) is 0.0526. The van der Waals surface area contributed by atoms with E-state index in [9.17, 15) is 14.0 Å². The zero-order valence-electron chi connectivity index (χ0n) is 13.2. The Morgan fingerprint density at radius 2 is 1.88 bits per heavy atom. The van der Waals surface area contributed by atoms with Gasteiger partial charge in [-0.15, -0.1) is 0 Å². The molecule has 2 heterocycles. The van der Waals surface area contributed by atoms with Crippen molar-refractivity contribution in [3.63, 3.8) is 0 Å². The van der Waals surface area contributed by atoms with Gasteiger partial charge in [0.1, 0.15) is 17.0 Å². The second-order valence-corrected chi connectivity index (χ2v) is 6.14. The lowest BCUT2D eigenvalue weighted by molar-refractivity contribution is 0.0925. The molecule has 0 aliphatic rings. The van der Waals surface area contributed by atoms with E-state index in [1.54, 1.807) is 24.3 Å². The highest BCUT2D eigenvalue weighted by Crippen LogP contribution is 2.23. The van der Waals surface area contributed by atoms with Crippen molar-refractivity contribution in [3.05, 3.63) is 81.1 Å². The van der Waals surface area contributed by atoms with E-state index in [4.69, 9.17) is 20.4 Å². The smallest absolute Gasteiger partial charge is 0.336 e. The molecule has 26 heavy (non-hydrogen) atoms. The van der Waals surface area contributed by atoms with Gasteiger partial charge in [0, 0.05) is 34.5 Å². The van der Waals surface area contributed by atoms with Crippen molar-refractivity contribution in [1.29, 1.82) is 0 Å². The van der Waals surface area contributed by atoms with E-state index in [2.05, 4.69) is 5.32 Å². The molecule has 2 aromatic heterocycles. The van der Waals surface area contributed by atoms with E-state index in [1.807, 2.05) is 0 Å². The van der Waals surface area contributed by atoms with Crippen LogP contribution in [0.25, 0.3) is 21.9 Å². The van der Waals surface area contributed by atoms with Crippen molar-refractivity contribution in [2.24, 2.45) is 0 Å². The molecule has 4 aromatic rings. The predicted molar refractivity (Wildman–Crippen MR) is 94.8 cm³/mol. The monoisotopic (exact) mass is 371 g/mol. The van der Waals surface area contributed by atoms with Crippen LogP contribution in [0.4, 0.5) is 4.39 Å². The summed E-state index contributed by atoms with van der Waals surface area (Å²) >= 11 is 5.92. The number of rotatable bonds is 3. The van der Waals surface area contributed by atoms with E-state index in [-0.39, 0.29) is 17.9 Å². The first kappa shape index (κ1) is 16.4. The molecule has 0 radical (unpaired) electrons. The molecule has 0 atom stereocenters. The van der Waals surface area contributed by atoms with Crippen LogP contribution in [-0.4, -0.2) is 5.91 Å². The molecule has 0 spiro atoms. The second kappa shape index (κ2) is 6.31. The third-order valence-corrected chi connectivity index (χ3v) is 4.17. The number of amides is 1. The minimum absolute atomic E-state index is 0.0599. The van der Waals surface area contributed by atoms with Crippen LogP contribution in [0.5, 0.6) is 0 Å². The van der Waals surface area contributed by atoms with Crippen LogP contribution in [0, 0.1) is 5.82 Å². The average molecular weight is 372 g/mol. The Hall–Kier alpha value is -3.12. The maximum absolute atomic E-state index is 13.3. The molecule has 0 aliphatic heterocycles. The van der Waals surface area contributed by atoms with Gasteiger partial charge in [0.2, 0.25) is 0 Å². The molecule has 0 fully saturated rings. The maximum atomic E-state index is 13.3. The first-order valence-electron chi connectivity index (χ1n) is 7.69. The fourth-order valence-electron chi connectivity index (χ4n) is 2.74. The molecule has 0 saturated heterocycles. The largest absolute Gasteiger partial charge is 0.451 e. The van der Waals surface area contributed by atoms with Gasteiger partial charge < -0.3 is 14.2 Å². The Kier molecular flexibility index (Phi) is 3.97. The molecule has 2 aromatic carbocycles. The Morgan fingerprint density at radius 1 is 1.04 bits per heavy atom. The van der Waals surface area contributed by atoms with E-state index < -0.39 is 17.3 Å². The Morgan fingerprint density at radius 3 is 2.73 bits per heavy atom. The SMILES string of the molecule is O=C(NCc1cc(=O)oc2cc(F)ccc12)c1cc2cc(Cl)ccc2o1. The van der Waals surface area contributed by atoms with Crippen molar-refractivity contribution in [3.8, 4) is 0 Å². The van der Waals surface area contributed by atoms with Crippen molar-refractivity contribution >= 4 is 39.4 Å². The van der Waals surface area contributed by atoms with Crippen LogP contribution in [0.15, 0.2) is 62.2 Å². The van der Waals surface area contributed by atoms with Crippen molar-refractivity contribution in [1.82, 2.24) is 5.32 Å². The first-order valence-corrected chi connectivity index (χ1v) is 8.07. The summed E-state index contributed by atoms with van der Waals surface area (Å²) in [6.45, 7) is 0.0599. The van der Waals surface area contributed by atoms with Crippen LogP contribution in [0.3, 0.4) is 0 Å². The molecule has 0 unspecified atom stereocenters. The average Bonchev–Trinajstić information content (AvgIpc) is 3.02. The standard InChI is InChI=1S/C19H11ClFNO4/c20-12-1-4-15-10(5-12)6-17(25-15)19(24)22-9-11-7-18(23)26-16-8-13(21)2-3-14(11)16/h1-8H,9H2,(H,22,24). The molecule has 7 heteroatoms. The summed E-state index contributed by atoms with van der Waals surface area (Å²) in [6, 6.07) is 11.8. The molecule has 1 amide bonds. The van der Waals surface area contributed by atoms with E-state index in [0.717, 1.165) is 6.07 Å². The third kappa shape index (κ3) is 3.07. The van der Waals surface area contributed by atoms with Crippen molar-refractivity contribution in [2.45, 2.75) is 6.54 Å². The number of carbonyl (C=O) groups excluding carboxylic acids is 1. The van der Waals surface area contributed by atoms with Gasteiger partial charge in [-0.05, 0) is 42.0 Å². The lowest BCUT2D eigenvalue weighted by atomic mass is 10.1. The lowest BCUT2D eigenvalue weighted by Crippen LogP contribution is -2.23. The van der Waals surface area contributed by atoms with Gasteiger partial charge in [0.05, 0.1) is 0 Å². The van der Waals surface area contributed by atoms with Gasteiger partial charge in [-0.25, -0.2) is 9.18 Å². The number of furan rings is 1. The van der Waals surface area contributed by atoms with Crippen molar-refractivity contribution in [2.75, 3.05) is 0 Å². The highest BCUT2D eigenvalue weighted by atomic mass is 35.5. The molecular formula is C19H11ClFNO4. The summed E-state index contributed by atoms with van der Waals surface area (Å²) in [5.41, 5.74) is 0.565. The topological polar surface area (TPSA) is 72.5 Å². The molecule has 5 nitrogen and oxygen atoms in total. The normalized spacial score (nSPS) is 11.2. The van der Waals surface area contributed by atoms with Gasteiger partial charge in [-0.3, -0.25) is 4.79 Å². The van der Waals surface area contributed by atoms with Crippen molar-refractivity contribution < 1.29 is 18.0 Å². The van der Waals surface area contributed by atoms with Crippen LogP contribution in [-0.2, 0) is 6.54 Å². The zero-order chi connectivity index (χ0) is 18.3. The number of benzene rings is 2.